The molecule has 1 amide bonds. The van der Waals surface area contributed by atoms with E-state index < -0.39 is 5.60 Å². The van der Waals surface area contributed by atoms with Crippen molar-refractivity contribution in [3.63, 3.8) is 0 Å². The molecule has 2 heterocycles. The Kier molecular flexibility index (Phi) is 4.78. The van der Waals surface area contributed by atoms with Crippen LogP contribution in [0, 0.1) is 5.82 Å². The minimum atomic E-state index is -0.490. The third-order valence-corrected chi connectivity index (χ3v) is 5.14. The van der Waals surface area contributed by atoms with Crippen LogP contribution in [0.3, 0.4) is 0 Å². The van der Waals surface area contributed by atoms with E-state index in [1.165, 1.54) is 12.1 Å². The molecule has 0 aromatic heterocycles. The number of amides is 1. The maximum atomic E-state index is 13.4. The Hall–Kier alpha value is -1.30. The van der Waals surface area contributed by atoms with Crippen molar-refractivity contribution in [2.75, 3.05) is 0 Å². The van der Waals surface area contributed by atoms with E-state index in [-0.39, 0.29) is 30.1 Å². The first kappa shape index (κ1) is 17.5. The highest BCUT2D eigenvalue weighted by Crippen LogP contribution is 2.39. The molecule has 0 saturated carbocycles. The fourth-order valence-corrected chi connectivity index (χ4v) is 3.92. The molecule has 2 atom stereocenters. The standard InChI is InChI=1S/C18H23BrFNO3/c1-18(2,3)24-17(22)21-12-5-6-13(21)10-14(9-12)23-16-8-11(20)4-7-15(16)19/h4,7-8,12-14H,5-6,9-10H2,1-3H3. The van der Waals surface area contributed by atoms with Gasteiger partial charge < -0.3 is 14.4 Å². The third kappa shape index (κ3) is 3.85. The Balaban J connectivity index is 1.67. The minimum Gasteiger partial charge on any atom is -0.489 e. The molecule has 2 bridgehead atoms. The lowest BCUT2D eigenvalue weighted by Crippen LogP contribution is -2.50. The van der Waals surface area contributed by atoms with E-state index in [4.69, 9.17) is 9.47 Å². The normalized spacial score (nSPS) is 26.4. The van der Waals surface area contributed by atoms with Crippen LogP contribution in [0.2, 0.25) is 0 Å². The van der Waals surface area contributed by atoms with Crippen molar-refractivity contribution in [2.24, 2.45) is 0 Å². The van der Waals surface area contributed by atoms with Gasteiger partial charge in [0.2, 0.25) is 0 Å². The summed E-state index contributed by atoms with van der Waals surface area (Å²) in [4.78, 5) is 14.3. The van der Waals surface area contributed by atoms with Crippen molar-refractivity contribution in [1.29, 1.82) is 0 Å². The Bertz CT molecular complexity index is 617. The van der Waals surface area contributed by atoms with Crippen LogP contribution in [-0.2, 0) is 4.74 Å². The van der Waals surface area contributed by atoms with E-state index in [1.54, 1.807) is 6.07 Å². The number of benzene rings is 1. The third-order valence-electron chi connectivity index (χ3n) is 4.48. The van der Waals surface area contributed by atoms with Crippen molar-refractivity contribution in [1.82, 2.24) is 4.90 Å². The van der Waals surface area contributed by atoms with Crippen LogP contribution in [0.15, 0.2) is 22.7 Å². The minimum absolute atomic E-state index is 0.0145. The zero-order chi connectivity index (χ0) is 17.5. The van der Waals surface area contributed by atoms with Crippen molar-refractivity contribution >= 4 is 22.0 Å². The monoisotopic (exact) mass is 399 g/mol. The molecule has 2 aliphatic heterocycles. The molecule has 0 spiro atoms. The average Bonchev–Trinajstić information content (AvgIpc) is 2.73. The van der Waals surface area contributed by atoms with Gasteiger partial charge in [-0.2, -0.15) is 0 Å². The van der Waals surface area contributed by atoms with Gasteiger partial charge in [-0.1, -0.05) is 0 Å². The molecule has 0 aliphatic carbocycles. The molecule has 1 aromatic rings. The zero-order valence-electron chi connectivity index (χ0n) is 14.2. The van der Waals surface area contributed by atoms with Gasteiger partial charge in [0.05, 0.1) is 4.47 Å². The van der Waals surface area contributed by atoms with Gasteiger partial charge in [0.1, 0.15) is 23.3 Å². The number of halogens is 2. The first-order valence-corrected chi connectivity index (χ1v) is 9.15. The van der Waals surface area contributed by atoms with Crippen LogP contribution in [0.1, 0.15) is 46.5 Å². The van der Waals surface area contributed by atoms with Crippen molar-refractivity contribution in [3.05, 3.63) is 28.5 Å². The number of fused-ring (bicyclic) bond motifs is 2. The first-order valence-electron chi connectivity index (χ1n) is 8.36. The van der Waals surface area contributed by atoms with Gasteiger partial charge in [0, 0.05) is 31.0 Å². The summed E-state index contributed by atoms with van der Waals surface area (Å²) in [5, 5.41) is 0. The summed E-state index contributed by atoms with van der Waals surface area (Å²) in [5.41, 5.74) is -0.490. The van der Waals surface area contributed by atoms with Crippen molar-refractivity contribution in [2.45, 2.75) is 70.2 Å². The topological polar surface area (TPSA) is 38.8 Å². The van der Waals surface area contributed by atoms with Crippen LogP contribution in [0.25, 0.3) is 0 Å². The number of carbonyl (C=O) groups excluding carboxylic acids is 1. The molecule has 2 aliphatic rings. The van der Waals surface area contributed by atoms with E-state index in [0.29, 0.717) is 5.75 Å². The lowest BCUT2D eigenvalue weighted by atomic mass is 10.00. The van der Waals surface area contributed by atoms with E-state index in [9.17, 15) is 9.18 Å². The Morgan fingerprint density at radius 2 is 1.88 bits per heavy atom. The molecule has 132 valence electrons. The largest absolute Gasteiger partial charge is 0.489 e. The van der Waals surface area contributed by atoms with Gasteiger partial charge in [-0.25, -0.2) is 9.18 Å². The first-order chi connectivity index (χ1) is 11.2. The average molecular weight is 400 g/mol. The summed E-state index contributed by atoms with van der Waals surface area (Å²) in [6.07, 6.45) is 3.18. The quantitative estimate of drug-likeness (QED) is 0.709. The summed E-state index contributed by atoms with van der Waals surface area (Å²) < 4.78 is 25.7. The molecular formula is C18H23BrFNO3. The second-order valence-electron chi connectivity index (χ2n) is 7.56. The SMILES string of the molecule is CC(C)(C)OC(=O)N1C2CCC1CC(Oc1cc(F)ccc1Br)C2. The summed E-state index contributed by atoms with van der Waals surface area (Å²) in [7, 11) is 0. The zero-order valence-corrected chi connectivity index (χ0v) is 15.8. The number of hydrogen-bond acceptors (Lipinski definition) is 3. The number of hydrogen-bond donors (Lipinski definition) is 0. The molecule has 6 heteroatoms. The van der Waals surface area contributed by atoms with Gasteiger partial charge >= 0.3 is 6.09 Å². The van der Waals surface area contributed by atoms with Crippen LogP contribution in [-0.4, -0.2) is 34.8 Å². The highest BCUT2D eigenvalue weighted by atomic mass is 79.9. The number of ether oxygens (including phenoxy) is 2. The summed E-state index contributed by atoms with van der Waals surface area (Å²) in [6, 6.07) is 4.71. The molecule has 0 radical (unpaired) electrons. The van der Waals surface area contributed by atoms with Gasteiger partial charge in [0.25, 0.3) is 0 Å². The lowest BCUT2D eigenvalue weighted by Gasteiger charge is -2.39. The highest BCUT2D eigenvalue weighted by molar-refractivity contribution is 9.10. The number of nitrogens with zero attached hydrogens (tertiary/aromatic N) is 1. The molecule has 2 fully saturated rings. The van der Waals surface area contributed by atoms with Crippen LogP contribution in [0.4, 0.5) is 9.18 Å². The predicted molar refractivity (Wildman–Crippen MR) is 92.6 cm³/mol. The van der Waals surface area contributed by atoms with Gasteiger partial charge in [-0.15, -0.1) is 0 Å². The van der Waals surface area contributed by atoms with Crippen molar-refractivity contribution in [3.8, 4) is 5.75 Å². The number of piperidine rings is 1. The smallest absolute Gasteiger partial charge is 0.410 e. The second kappa shape index (κ2) is 6.54. The predicted octanol–water partition coefficient (Wildman–Crippen LogP) is 4.90. The highest BCUT2D eigenvalue weighted by Gasteiger charge is 2.45. The lowest BCUT2D eigenvalue weighted by molar-refractivity contribution is -0.00718. The molecule has 1 aromatic carbocycles. The Labute approximate surface area is 150 Å². The maximum absolute atomic E-state index is 13.4. The van der Waals surface area contributed by atoms with Gasteiger partial charge in [-0.3, -0.25) is 0 Å². The Morgan fingerprint density at radius 1 is 1.25 bits per heavy atom. The molecular weight excluding hydrogens is 377 g/mol. The second-order valence-corrected chi connectivity index (χ2v) is 8.41. The summed E-state index contributed by atoms with van der Waals surface area (Å²) in [5.74, 6) is 0.201. The molecule has 3 rings (SSSR count). The van der Waals surface area contributed by atoms with E-state index in [0.717, 1.165) is 30.2 Å². The molecule has 24 heavy (non-hydrogen) atoms. The summed E-state index contributed by atoms with van der Waals surface area (Å²) >= 11 is 3.40. The van der Waals surface area contributed by atoms with Crippen LogP contribution < -0.4 is 4.74 Å². The molecule has 2 unspecified atom stereocenters. The van der Waals surface area contributed by atoms with Crippen LogP contribution in [0.5, 0.6) is 5.75 Å². The fraction of sp³-hybridized carbons (Fsp3) is 0.611. The van der Waals surface area contributed by atoms with Crippen molar-refractivity contribution < 1.29 is 18.7 Å². The van der Waals surface area contributed by atoms with E-state index >= 15 is 0 Å². The maximum Gasteiger partial charge on any atom is 0.410 e. The number of rotatable bonds is 2. The summed E-state index contributed by atoms with van der Waals surface area (Å²) in [6.45, 7) is 5.64. The van der Waals surface area contributed by atoms with Gasteiger partial charge in [-0.05, 0) is 61.7 Å². The van der Waals surface area contributed by atoms with Gasteiger partial charge in [0.15, 0.2) is 0 Å². The molecule has 4 nitrogen and oxygen atoms in total. The van der Waals surface area contributed by atoms with Crippen LogP contribution >= 0.6 is 15.9 Å². The van der Waals surface area contributed by atoms with E-state index in [1.807, 2.05) is 25.7 Å². The fourth-order valence-electron chi connectivity index (χ4n) is 3.58. The molecule has 2 saturated heterocycles. The molecule has 0 N–H and O–H groups in total. The Morgan fingerprint density at radius 3 is 2.46 bits per heavy atom. The number of carbonyl (C=O) groups is 1. The van der Waals surface area contributed by atoms with E-state index in [2.05, 4.69) is 15.9 Å².